The molecule has 4 rings (SSSR count). The van der Waals surface area contributed by atoms with Crippen LogP contribution < -0.4 is 10.6 Å². The summed E-state index contributed by atoms with van der Waals surface area (Å²) in [4.78, 5) is 29.3. The van der Waals surface area contributed by atoms with E-state index in [0.717, 1.165) is 12.0 Å². The van der Waals surface area contributed by atoms with Crippen molar-refractivity contribution in [2.24, 2.45) is 5.92 Å². The highest BCUT2D eigenvalue weighted by atomic mass is 32.1. The molecule has 1 aliphatic heterocycles. The number of amides is 2. The maximum atomic E-state index is 13.2. The van der Waals surface area contributed by atoms with Gasteiger partial charge in [0.15, 0.2) is 0 Å². The van der Waals surface area contributed by atoms with Gasteiger partial charge in [-0.3, -0.25) is 14.5 Å². The van der Waals surface area contributed by atoms with Gasteiger partial charge < -0.3 is 10.6 Å². The van der Waals surface area contributed by atoms with Crippen molar-refractivity contribution in [3.05, 3.63) is 88.4 Å². The second-order valence-corrected chi connectivity index (χ2v) is 9.27. The Morgan fingerprint density at radius 1 is 1.00 bits per heavy atom. The number of hydrogen-bond donors (Lipinski definition) is 2. The van der Waals surface area contributed by atoms with Gasteiger partial charge in [0.1, 0.15) is 11.9 Å². The number of anilines is 1. The van der Waals surface area contributed by atoms with Crippen LogP contribution in [0, 0.1) is 11.7 Å². The largest absolute Gasteiger partial charge is 0.355 e. The number of piperidine rings is 1. The van der Waals surface area contributed by atoms with Crippen molar-refractivity contribution in [3.63, 3.8) is 0 Å². The molecule has 1 aliphatic rings. The number of hydrogen-bond acceptors (Lipinski definition) is 4. The molecule has 1 aromatic heterocycles. The number of halogens is 1. The Morgan fingerprint density at radius 2 is 1.73 bits per heavy atom. The van der Waals surface area contributed by atoms with E-state index in [1.807, 2.05) is 41.8 Å². The molecule has 2 amide bonds. The number of carbonyl (C=O) groups excluding carboxylic acids is 2. The zero-order valence-corrected chi connectivity index (χ0v) is 19.2. The number of carbonyl (C=O) groups is 2. The SMILES string of the molecule is O=C(NCCc1cccs1)C1CCN(C(C(=O)Nc2ccc(F)cc2)c2ccccc2)CC1. The van der Waals surface area contributed by atoms with Crippen LogP contribution in [0.2, 0.25) is 0 Å². The fraction of sp³-hybridized carbons (Fsp3) is 0.308. The number of thiophene rings is 1. The summed E-state index contributed by atoms with van der Waals surface area (Å²) in [5.41, 5.74) is 1.46. The van der Waals surface area contributed by atoms with Gasteiger partial charge in [-0.2, -0.15) is 0 Å². The van der Waals surface area contributed by atoms with Crippen LogP contribution in [-0.4, -0.2) is 36.3 Å². The van der Waals surface area contributed by atoms with E-state index in [1.165, 1.54) is 17.0 Å². The van der Waals surface area contributed by atoms with Gasteiger partial charge in [-0.15, -0.1) is 11.3 Å². The molecule has 5 nitrogen and oxygen atoms in total. The molecule has 1 atom stereocenters. The highest BCUT2D eigenvalue weighted by Crippen LogP contribution is 2.28. The Hall–Kier alpha value is -3.03. The maximum absolute atomic E-state index is 13.2. The molecule has 7 heteroatoms. The maximum Gasteiger partial charge on any atom is 0.246 e. The average molecular weight is 466 g/mol. The molecular formula is C26H28FN3O2S. The Morgan fingerprint density at radius 3 is 2.39 bits per heavy atom. The van der Waals surface area contributed by atoms with Crippen LogP contribution in [0.5, 0.6) is 0 Å². The van der Waals surface area contributed by atoms with Crippen LogP contribution in [0.15, 0.2) is 72.1 Å². The number of likely N-dealkylation sites (tertiary alicyclic amines) is 1. The van der Waals surface area contributed by atoms with Gasteiger partial charge in [0, 0.05) is 23.0 Å². The van der Waals surface area contributed by atoms with Gasteiger partial charge in [-0.1, -0.05) is 36.4 Å². The molecule has 1 fully saturated rings. The first-order valence-electron chi connectivity index (χ1n) is 11.3. The minimum Gasteiger partial charge on any atom is -0.355 e. The first-order chi connectivity index (χ1) is 16.1. The molecule has 0 spiro atoms. The van der Waals surface area contributed by atoms with Crippen molar-refractivity contribution < 1.29 is 14.0 Å². The number of nitrogens with one attached hydrogen (secondary N) is 2. The van der Waals surface area contributed by atoms with Crippen LogP contribution in [-0.2, 0) is 16.0 Å². The minimum absolute atomic E-state index is 0.0406. The van der Waals surface area contributed by atoms with Crippen molar-refractivity contribution in [1.82, 2.24) is 10.2 Å². The monoisotopic (exact) mass is 465 g/mol. The van der Waals surface area contributed by atoms with Crippen LogP contribution >= 0.6 is 11.3 Å². The smallest absolute Gasteiger partial charge is 0.246 e. The fourth-order valence-corrected chi connectivity index (χ4v) is 4.94. The third-order valence-electron chi connectivity index (χ3n) is 5.99. The van der Waals surface area contributed by atoms with E-state index in [9.17, 15) is 14.0 Å². The molecule has 172 valence electrons. The zero-order valence-electron chi connectivity index (χ0n) is 18.4. The summed E-state index contributed by atoms with van der Waals surface area (Å²) in [6, 6.07) is 19.0. The number of benzene rings is 2. The molecule has 0 saturated carbocycles. The van der Waals surface area contributed by atoms with Crippen LogP contribution in [0.25, 0.3) is 0 Å². The summed E-state index contributed by atoms with van der Waals surface area (Å²) in [7, 11) is 0. The second-order valence-electron chi connectivity index (χ2n) is 8.24. The molecule has 33 heavy (non-hydrogen) atoms. The molecule has 0 radical (unpaired) electrons. The summed E-state index contributed by atoms with van der Waals surface area (Å²) in [5.74, 6) is -0.450. The highest BCUT2D eigenvalue weighted by Gasteiger charge is 2.33. The van der Waals surface area contributed by atoms with Crippen molar-refractivity contribution in [1.29, 1.82) is 0 Å². The lowest BCUT2D eigenvalue weighted by atomic mass is 9.93. The fourth-order valence-electron chi connectivity index (χ4n) is 4.24. The molecule has 2 aromatic carbocycles. The first kappa shape index (κ1) is 23.1. The standard InChI is InChI=1S/C26H28FN3O2S/c27-21-8-10-22(11-9-21)29-26(32)24(19-5-2-1-3-6-19)30-16-13-20(14-17-30)25(31)28-15-12-23-7-4-18-33-23/h1-11,18,20,24H,12-17H2,(H,28,31)(H,29,32). The summed E-state index contributed by atoms with van der Waals surface area (Å²) in [6.45, 7) is 1.95. The molecule has 2 heterocycles. The van der Waals surface area contributed by atoms with Gasteiger partial charge >= 0.3 is 0 Å². The van der Waals surface area contributed by atoms with E-state index in [-0.39, 0.29) is 23.5 Å². The lowest BCUT2D eigenvalue weighted by Gasteiger charge is -2.36. The Balaban J connectivity index is 1.36. The summed E-state index contributed by atoms with van der Waals surface area (Å²) >= 11 is 1.70. The van der Waals surface area contributed by atoms with Gasteiger partial charge in [-0.25, -0.2) is 4.39 Å². The van der Waals surface area contributed by atoms with Gasteiger partial charge in [0.05, 0.1) is 0 Å². The minimum atomic E-state index is -0.473. The third kappa shape index (κ3) is 6.27. The van der Waals surface area contributed by atoms with Crippen LogP contribution in [0.4, 0.5) is 10.1 Å². The van der Waals surface area contributed by atoms with Gasteiger partial charge in [-0.05, 0) is 73.6 Å². The van der Waals surface area contributed by atoms with E-state index < -0.39 is 6.04 Å². The van der Waals surface area contributed by atoms with Crippen molar-refractivity contribution >= 4 is 28.8 Å². The topological polar surface area (TPSA) is 61.4 Å². The van der Waals surface area contributed by atoms with Crippen molar-refractivity contribution in [3.8, 4) is 0 Å². The van der Waals surface area contributed by atoms with E-state index in [0.29, 0.717) is 38.2 Å². The number of nitrogens with zero attached hydrogens (tertiary/aromatic N) is 1. The summed E-state index contributed by atoms with van der Waals surface area (Å²) in [5, 5.41) is 8.02. The highest BCUT2D eigenvalue weighted by molar-refractivity contribution is 7.09. The van der Waals surface area contributed by atoms with E-state index in [4.69, 9.17) is 0 Å². The number of rotatable bonds is 8. The Bertz CT molecular complexity index is 1030. The second kappa shape index (κ2) is 11.2. The third-order valence-corrected chi connectivity index (χ3v) is 6.93. The predicted octanol–water partition coefficient (Wildman–Crippen LogP) is 4.64. The normalized spacial score (nSPS) is 15.7. The molecule has 2 N–H and O–H groups in total. The van der Waals surface area contributed by atoms with E-state index in [2.05, 4.69) is 21.6 Å². The summed E-state index contributed by atoms with van der Waals surface area (Å²) in [6.07, 6.45) is 2.26. The molecular weight excluding hydrogens is 437 g/mol. The van der Waals surface area contributed by atoms with Crippen LogP contribution in [0.1, 0.15) is 29.3 Å². The molecule has 1 unspecified atom stereocenters. The first-order valence-corrected chi connectivity index (χ1v) is 12.1. The summed E-state index contributed by atoms with van der Waals surface area (Å²) < 4.78 is 13.2. The van der Waals surface area contributed by atoms with Crippen LogP contribution in [0.3, 0.4) is 0 Å². The zero-order chi connectivity index (χ0) is 23.0. The molecule has 0 bridgehead atoms. The van der Waals surface area contributed by atoms with Gasteiger partial charge in [0.2, 0.25) is 11.8 Å². The quantitative estimate of drug-likeness (QED) is 0.510. The molecule has 0 aliphatic carbocycles. The Kier molecular flexibility index (Phi) is 7.86. The van der Waals surface area contributed by atoms with E-state index in [1.54, 1.807) is 23.5 Å². The molecule has 3 aromatic rings. The Labute approximate surface area is 197 Å². The van der Waals surface area contributed by atoms with Crippen molar-refractivity contribution in [2.75, 3.05) is 25.0 Å². The average Bonchev–Trinajstić information content (AvgIpc) is 3.35. The predicted molar refractivity (Wildman–Crippen MR) is 130 cm³/mol. The lowest BCUT2D eigenvalue weighted by Crippen LogP contribution is -2.45. The lowest BCUT2D eigenvalue weighted by molar-refractivity contribution is -0.127. The van der Waals surface area contributed by atoms with Crippen molar-refractivity contribution in [2.45, 2.75) is 25.3 Å². The van der Waals surface area contributed by atoms with E-state index >= 15 is 0 Å². The molecule has 1 saturated heterocycles. The van der Waals surface area contributed by atoms with Gasteiger partial charge in [0.25, 0.3) is 0 Å².